The first-order chi connectivity index (χ1) is 8.36. The molecule has 0 aliphatic heterocycles. The minimum atomic E-state index is -0.800. The molecule has 0 aliphatic carbocycles. The molecule has 98 valence electrons. The van der Waals surface area contributed by atoms with Crippen molar-refractivity contribution in [3.63, 3.8) is 0 Å². The molecule has 0 atom stereocenters. The molecule has 7 heteroatoms. The molecule has 0 saturated heterocycles. The molecule has 0 aliphatic rings. The van der Waals surface area contributed by atoms with Crippen LogP contribution in [0.3, 0.4) is 0 Å². The van der Waals surface area contributed by atoms with Crippen molar-refractivity contribution in [3.05, 3.63) is 27.8 Å². The van der Waals surface area contributed by atoms with E-state index in [4.69, 9.17) is 15.2 Å². The van der Waals surface area contributed by atoms with Gasteiger partial charge < -0.3 is 15.2 Å². The van der Waals surface area contributed by atoms with Gasteiger partial charge in [-0.15, -0.1) is 0 Å². The van der Waals surface area contributed by atoms with E-state index in [9.17, 15) is 14.9 Å². The highest BCUT2D eigenvalue weighted by molar-refractivity contribution is 5.96. The number of rotatable bonds is 5. The summed E-state index contributed by atoms with van der Waals surface area (Å²) in [6.07, 6.45) is -0.243. The van der Waals surface area contributed by atoms with Gasteiger partial charge in [-0.2, -0.15) is 0 Å². The fourth-order valence-corrected chi connectivity index (χ4v) is 1.40. The molecule has 0 unspecified atom stereocenters. The molecule has 0 fully saturated rings. The van der Waals surface area contributed by atoms with Crippen LogP contribution in [0.4, 0.5) is 5.69 Å². The Morgan fingerprint density at radius 3 is 2.39 bits per heavy atom. The van der Waals surface area contributed by atoms with Gasteiger partial charge in [0, 0.05) is 12.1 Å². The Labute approximate surface area is 104 Å². The van der Waals surface area contributed by atoms with Crippen LogP contribution < -0.4 is 15.2 Å². The fourth-order valence-electron chi connectivity index (χ4n) is 1.40. The summed E-state index contributed by atoms with van der Waals surface area (Å²) in [5.41, 5.74) is 4.75. The van der Waals surface area contributed by atoms with Crippen molar-refractivity contribution in [1.82, 2.24) is 0 Å². The Morgan fingerprint density at radius 2 is 2.00 bits per heavy atom. The van der Waals surface area contributed by atoms with Crippen molar-refractivity contribution in [2.24, 2.45) is 5.73 Å². The Bertz CT molecular complexity index is 485. The molecule has 1 amide bonds. The number of nitro groups is 1. The predicted octanol–water partition coefficient (Wildman–Crippen LogP) is 1.49. The van der Waals surface area contributed by atoms with Crippen LogP contribution in [0.1, 0.15) is 24.2 Å². The van der Waals surface area contributed by atoms with E-state index in [2.05, 4.69) is 0 Å². The van der Waals surface area contributed by atoms with E-state index >= 15 is 0 Å². The van der Waals surface area contributed by atoms with E-state index in [1.54, 1.807) is 13.8 Å². The zero-order chi connectivity index (χ0) is 13.9. The third-order valence-electron chi connectivity index (χ3n) is 2.11. The van der Waals surface area contributed by atoms with Crippen molar-refractivity contribution in [2.75, 3.05) is 7.11 Å². The van der Waals surface area contributed by atoms with E-state index < -0.39 is 10.8 Å². The highest BCUT2D eigenvalue weighted by Gasteiger charge is 2.23. The number of ether oxygens (including phenoxy) is 2. The van der Waals surface area contributed by atoms with Gasteiger partial charge in [0.25, 0.3) is 5.91 Å². The third kappa shape index (κ3) is 2.88. The largest absolute Gasteiger partial charge is 0.496 e. The van der Waals surface area contributed by atoms with Crippen molar-refractivity contribution >= 4 is 11.6 Å². The number of nitrogens with two attached hydrogens (primary N) is 1. The third-order valence-corrected chi connectivity index (χ3v) is 2.11. The van der Waals surface area contributed by atoms with E-state index in [-0.39, 0.29) is 28.9 Å². The van der Waals surface area contributed by atoms with Gasteiger partial charge in [0.1, 0.15) is 5.75 Å². The van der Waals surface area contributed by atoms with Gasteiger partial charge in [-0.3, -0.25) is 14.9 Å². The summed E-state index contributed by atoms with van der Waals surface area (Å²) in [7, 11) is 1.34. The molecule has 0 heterocycles. The molecule has 18 heavy (non-hydrogen) atoms. The normalized spacial score (nSPS) is 10.2. The average Bonchev–Trinajstić information content (AvgIpc) is 2.26. The zero-order valence-corrected chi connectivity index (χ0v) is 10.3. The van der Waals surface area contributed by atoms with Crippen LogP contribution in [0.2, 0.25) is 0 Å². The van der Waals surface area contributed by atoms with Gasteiger partial charge in [0.2, 0.25) is 5.75 Å². The van der Waals surface area contributed by atoms with Gasteiger partial charge >= 0.3 is 5.69 Å². The SMILES string of the molecule is COc1cc(OC(C)C)c([N+](=O)[O-])cc1C(N)=O. The maximum Gasteiger partial charge on any atom is 0.312 e. The van der Waals surface area contributed by atoms with Crippen LogP contribution in [-0.4, -0.2) is 24.0 Å². The Morgan fingerprint density at radius 1 is 1.39 bits per heavy atom. The standard InChI is InChI=1S/C11H14N2O5/c1-6(2)18-10-5-9(17-3)7(11(12)14)4-8(10)13(15)16/h4-6H,1-3H3,(H2,12,14). The maximum atomic E-state index is 11.2. The second kappa shape index (κ2) is 5.35. The highest BCUT2D eigenvalue weighted by atomic mass is 16.6. The van der Waals surface area contributed by atoms with Gasteiger partial charge in [0.15, 0.2) is 0 Å². The molecule has 1 aromatic rings. The molecule has 0 bridgehead atoms. The lowest BCUT2D eigenvalue weighted by Crippen LogP contribution is -2.14. The highest BCUT2D eigenvalue weighted by Crippen LogP contribution is 2.35. The second-order valence-electron chi connectivity index (χ2n) is 3.81. The molecular weight excluding hydrogens is 240 g/mol. The molecule has 0 radical (unpaired) electrons. The maximum absolute atomic E-state index is 11.2. The number of nitro benzene ring substituents is 1. The lowest BCUT2D eigenvalue weighted by atomic mass is 10.1. The number of hydrogen-bond acceptors (Lipinski definition) is 5. The summed E-state index contributed by atoms with van der Waals surface area (Å²) in [6.45, 7) is 3.47. The summed E-state index contributed by atoms with van der Waals surface area (Å²) in [6, 6.07) is 2.34. The molecule has 2 N–H and O–H groups in total. The molecule has 0 saturated carbocycles. The van der Waals surface area contributed by atoms with Crippen LogP contribution in [0.5, 0.6) is 11.5 Å². The van der Waals surface area contributed by atoms with Crippen molar-refractivity contribution in [1.29, 1.82) is 0 Å². The molecule has 7 nitrogen and oxygen atoms in total. The lowest BCUT2D eigenvalue weighted by Gasteiger charge is -2.12. The van der Waals surface area contributed by atoms with E-state index in [0.29, 0.717) is 0 Å². The number of benzene rings is 1. The van der Waals surface area contributed by atoms with Gasteiger partial charge in [0.05, 0.1) is 23.7 Å². The minimum absolute atomic E-state index is 0.0388. The van der Waals surface area contributed by atoms with E-state index in [1.807, 2.05) is 0 Å². The number of amides is 1. The molecular formula is C11H14N2O5. The van der Waals surface area contributed by atoms with Crippen LogP contribution in [0.15, 0.2) is 12.1 Å². The summed E-state index contributed by atoms with van der Waals surface area (Å²) in [5, 5.41) is 10.9. The first-order valence-corrected chi connectivity index (χ1v) is 5.19. The summed E-state index contributed by atoms with van der Waals surface area (Å²) >= 11 is 0. The second-order valence-corrected chi connectivity index (χ2v) is 3.81. The van der Waals surface area contributed by atoms with Crippen LogP contribution >= 0.6 is 0 Å². The smallest absolute Gasteiger partial charge is 0.312 e. The number of methoxy groups -OCH3 is 1. The van der Waals surface area contributed by atoms with Crippen LogP contribution in [0.25, 0.3) is 0 Å². The van der Waals surface area contributed by atoms with E-state index in [0.717, 1.165) is 6.07 Å². The Balaban J connectivity index is 3.41. The monoisotopic (exact) mass is 254 g/mol. The quantitative estimate of drug-likeness (QED) is 0.633. The summed E-state index contributed by atoms with van der Waals surface area (Å²) < 4.78 is 10.3. The lowest BCUT2D eigenvalue weighted by molar-refractivity contribution is -0.386. The van der Waals surface area contributed by atoms with Crippen LogP contribution in [0, 0.1) is 10.1 Å². The fraction of sp³-hybridized carbons (Fsp3) is 0.364. The molecule has 1 rings (SSSR count). The summed E-state index contributed by atoms with van der Waals surface area (Å²) in [4.78, 5) is 21.4. The minimum Gasteiger partial charge on any atom is -0.496 e. The summed E-state index contributed by atoms with van der Waals surface area (Å²) in [5.74, 6) is -0.619. The van der Waals surface area contributed by atoms with Crippen molar-refractivity contribution in [3.8, 4) is 11.5 Å². The number of carbonyl (C=O) groups excluding carboxylic acids is 1. The van der Waals surface area contributed by atoms with Crippen molar-refractivity contribution in [2.45, 2.75) is 20.0 Å². The Kier molecular flexibility index (Phi) is 4.09. The first-order valence-electron chi connectivity index (χ1n) is 5.19. The van der Waals surface area contributed by atoms with E-state index in [1.165, 1.54) is 13.2 Å². The number of carbonyl (C=O) groups is 1. The van der Waals surface area contributed by atoms with Gasteiger partial charge in [-0.25, -0.2) is 0 Å². The number of primary amides is 1. The topological polar surface area (TPSA) is 105 Å². The first kappa shape index (κ1) is 13.8. The average molecular weight is 254 g/mol. The molecule has 0 spiro atoms. The van der Waals surface area contributed by atoms with Gasteiger partial charge in [-0.1, -0.05) is 0 Å². The number of nitrogens with zero attached hydrogens (tertiary/aromatic N) is 1. The van der Waals surface area contributed by atoms with Crippen molar-refractivity contribution < 1.29 is 19.2 Å². The molecule has 1 aromatic carbocycles. The zero-order valence-electron chi connectivity index (χ0n) is 10.3. The Hall–Kier alpha value is -2.31. The molecule has 0 aromatic heterocycles. The number of hydrogen-bond donors (Lipinski definition) is 1. The van der Waals surface area contributed by atoms with Gasteiger partial charge in [-0.05, 0) is 13.8 Å². The predicted molar refractivity (Wildman–Crippen MR) is 63.9 cm³/mol. The van der Waals surface area contributed by atoms with Crippen LogP contribution in [-0.2, 0) is 0 Å².